The summed E-state index contributed by atoms with van der Waals surface area (Å²) in [6, 6.07) is 0. The van der Waals surface area contributed by atoms with Crippen LogP contribution in [0.3, 0.4) is 0 Å². The zero-order valence-electron chi connectivity index (χ0n) is 26.7. The lowest BCUT2D eigenvalue weighted by molar-refractivity contribution is -0.159. The number of aliphatic hydroxyl groups is 1. The van der Waals surface area contributed by atoms with Crippen LogP contribution in [0.15, 0.2) is 24.3 Å². The molecular formula is C32H54N4O8. The van der Waals surface area contributed by atoms with Gasteiger partial charge in [0.25, 0.3) is 17.7 Å². The highest BCUT2D eigenvalue weighted by atomic mass is 16.5. The second-order valence-corrected chi connectivity index (χ2v) is 11.4. The first-order chi connectivity index (χ1) is 21.1. The number of likely N-dealkylation sites (tertiary alicyclic amines) is 1. The number of carbonyl (C=O) groups excluding carboxylic acids is 5. The van der Waals surface area contributed by atoms with Crippen molar-refractivity contribution in [2.24, 2.45) is 0 Å². The number of rotatable bonds is 24. The third kappa shape index (κ3) is 15.6. The first-order valence-electron chi connectivity index (χ1n) is 16.2. The van der Waals surface area contributed by atoms with Gasteiger partial charge in [-0.15, -0.1) is 0 Å². The van der Waals surface area contributed by atoms with Gasteiger partial charge in [-0.25, -0.2) is 10.1 Å². The van der Waals surface area contributed by atoms with E-state index in [4.69, 9.17) is 0 Å². The maximum Gasteiger partial charge on any atom is 0.269 e. The maximum atomic E-state index is 12.8. The van der Waals surface area contributed by atoms with Crippen LogP contribution in [0.5, 0.6) is 0 Å². The molecule has 250 valence electrons. The minimum absolute atomic E-state index is 0.0807. The normalized spacial score (nSPS) is 16.8. The molecule has 1 aliphatic heterocycles. The van der Waals surface area contributed by atoms with Crippen molar-refractivity contribution in [2.75, 3.05) is 26.2 Å². The number of imide groups is 1. The van der Waals surface area contributed by atoms with Crippen LogP contribution in [-0.4, -0.2) is 91.9 Å². The van der Waals surface area contributed by atoms with E-state index in [9.17, 15) is 39.5 Å². The lowest BCUT2D eigenvalue weighted by atomic mass is 9.97. The fourth-order valence-corrected chi connectivity index (χ4v) is 4.76. The molecule has 12 nitrogen and oxygen atoms in total. The fourth-order valence-electron chi connectivity index (χ4n) is 4.76. The minimum atomic E-state index is -2.08. The van der Waals surface area contributed by atoms with Gasteiger partial charge in [0.1, 0.15) is 0 Å². The Hall–Kier alpha value is -3.09. The van der Waals surface area contributed by atoms with Gasteiger partial charge in [0.15, 0.2) is 5.60 Å². The van der Waals surface area contributed by atoms with E-state index in [0.717, 1.165) is 56.3 Å². The molecule has 1 aliphatic rings. The van der Waals surface area contributed by atoms with E-state index in [1.54, 1.807) is 12.2 Å². The van der Waals surface area contributed by atoms with Crippen LogP contribution in [0.2, 0.25) is 0 Å². The zero-order chi connectivity index (χ0) is 32.8. The van der Waals surface area contributed by atoms with Crippen molar-refractivity contribution in [3.63, 3.8) is 0 Å². The van der Waals surface area contributed by atoms with Gasteiger partial charge >= 0.3 is 0 Å². The van der Waals surface area contributed by atoms with Gasteiger partial charge in [-0.2, -0.15) is 0 Å². The summed E-state index contributed by atoms with van der Waals surface area (Å²) in [5.74, 6) is -2.83. The van der Waals surface area contributed by atoms with Gasteiger partial charge in [-0.3, -0.25) is 39.3 Å². The van der Waals surface area contributed by atoms with Crippen LogP contribution >= 0.6 is 0 Å². The predicted molar refractivity (Wildman–Crippen MR) is 165 cm³/mol. The van der Waals surface area contributed by atoms with Gasteiger partial charge < -0.3 is 10.4 Å². The molecule has 1 saturated heterocycles. The Labute approximate surface area is 262 Å². The number of carbonyl (C=O) groups is 5. The molecule has 0 aromatic heterocycles. The quantitative estimate of drug-likeness (QED) is 0.0411. The largest absolute Gasteiger partial charge is 0.379 e. The molecule has 5 amide bonds. The van der Waals surface area contributed by atoms with Crippen molar-refractivity contribution in [3.05, 3.63) is 24.3 Å². The number of unbranched alkanes of at least 4 members (excludes halogenated alkanes) is 10. The van der Waals surface area contributed by atoms with Crippen molar-refractivity contribution in [2.45, 2.75) is 122 Å². The molecule has 1 atom stereocenters. The monoisotopic (exact) mass is 622 g/mol. The molecule has 0 bridgehead atoms. The van der Waals surface area contributed by atoms with E-state index >= 15 is 0 Å². The second kappa shape index (κ2) is 22.4. The molecule has 0 aromatic rings. The Morgan fingerprint density at radius 3 is 1.84 bits per heavy atom. The SMILES string of the molecule is CCCCC/C=C/C(=O)N(O)CCCCCNC(=O)CC1(O)CC(=O)N(CCCCCN(O)C(=O)/C=C/CCCCC)C1=O. The van der Waals surface area contributed by atoms with Crippen molar-refractivity contribution in [1.29, 1.82) is 0 Å². The number of hydroxylamine groups is 4. The average molecular weight is 623 g/mol. The molecule has 0 aromatic carbocycles. The van der Waals surface area contributed by atoms with E-state index < -0.39 is 48.0 Å². The smallest absolute Gasteiger partial charge is 0.269 e. The lowest BCUT2D eigenvalue weighted by Crippen LogP contribution is -2.44. The molecule has 0 radical (unpaired) electrons. The van der Waals surface area contributed by atoms with E-state index in [1.807, 2.05) is 0 Å². The number of hydrogen-bond donors (Lipinski definition) is 4. The van der Waals surface area contributed by atoms with Crippen LogP contribution < -0.4 is 5.32 Å². The van der Waals surface area contributed by atoms with Crippen molar-refractivity contribution >= 4 is 29.5 Å². The van der Waals surface area contributed by atoms with Crippen LogP contribution in [0.4, 0.5) is 0 Å². The molecule has 44 heavy (non-hydrogen) atoms. The molecule has 1 unspecified atom stereocenters. The summed E-state index contributed by atoms with van der Waals surface area (Å²) in [6.45, 7) is 4.86. The third-order valence-corrected chi connectivity index (χ3v) is 7.44. The Balaban J connectivity index is 2.26. The average Bonchev–Trinajstić information content (AvgIpc) is 3.20. The number of amides is 5. The summed E-state index contributed by atoms with van der Waals surface area (Å²) >= 11 is 0. The number of nitrogens with zero attached hydrogens (tertiary/aromatic N) is 3. The zero-order valence-corrected chi connectivity index (χ0v) is 26.7. The molecule has 4 N–H and O–H groups in total. The topological polar surface area (TPSA) is 168 Å². The Morgan fingerprint density at radius 1 is 0.795 bits per heavy atom. The fraction of sp³-hybridized carbons (Fsp3) is 0.719. The molecule has 0 saturated carbocycles. The van der Waals surface area contributed by atoms with Gasteiger partial charge in [-0.05, 0) is 64.2 Å². The summed E-state index contributed by atoms with van der Waals surface area (Å²) in [5.41, 5.74) is -2.08. The van der Waals surface area contributed by atoms with E-state index in [-0.39, 0.29) is 26.2 Å². The molecule has 0 spiro atoms. The van der Waals surface area contributed by atoms with Crippen LogP contribution in [0.25, 0.3) is 0 Å². The summed E-state index contributed by atoms with van der Waals surface area (Å²) in [5, 5.41) is 34.4. The van der Waals surface area contributed by atoms with Crippen LogP contribution in [0.1, 0.15) is 117 Å². The summed E-state index contributed by atoms with van der Waals surface area (Å²) < 4.78 is 0. The summed E-state index contributed by atoms with van der Waals surface area (Å²) in [7, 11) is 0. The highest BCUT2D eigenvalue weighted by Gasteiger charge is 2.51. The van der Waals surface area contributed by atoms with E-state index in [2.05, 4.69) is 19.2 Å². The van der Waals surface area contributed by atoms with Crippen molar-refractivity contribution < 1.29 is 39.5 Å². The lowest BCUT2D eigenvalue weighted by Gasteiger charge is -2.21. The predicted octanol–water partition coefficient (Wildman–Crippen LogP) is 4.03. The Bertz CT molecular complexity index is 970. The standard InChI is InChI=1S/C32H54N4O8/c1-3-5-7-9-13-19-28(38)35(43)23-17-11-15-21-33-27(37)25-32(42)26-30(40)34(31(32)41)22-16-12-18-24-36(44)29(39)20-14-10-8-6-4-2/h13-14,19-20,42-44H,3-12,15-18,21-26H2,1-2H3,(H,33,37)/b19-13+,20-14+. The highest BCUT2D eigenvalue weighted by Crippen LogP contribution is 2.28. The first kappa shape index (κ1) is 38.9. The second-order valence-electron chi connectivity index (χ2n) is 11.4. The van der Waals surface area contributed by atoms with E-state index in [1.165, 1.54) is 12.2 Å². The van der Waals surface area contributed by atoms with Gasteiger partial charge in [0, 0.05) is 38.3 Å². The first-order valence-corrected chi connectivity index (χ1v) is 16.2. The molecule has 1 rings (SSSR count). The Morgan fingerprint density at radius 2 is 1.32 bits per heavy atom. The third-order valence-electron chi connectivity index (χ3n) is 7.44. The molecule has 1 heterocycles. The van der Waals surface area contributed by atoms with Crippen molar-refractivity contribution in [3.8, 4) is 0 Å². The molecular weight excluding hydrogens is 568 g/mol. The highest BCUT2D eigenvalue weighted by molar-refractivity contribution is 6.09. The molecule has 0 aliphatic carbocycles. The summed E-state index contributed by atoms with van der Waals surface area (Å²) in [6.07, 6.45) is 16.4. The van der Waals surface area contributed by atoms with Crippen LogP contribution in [0, 0.1) is 0 Å². The number of nitrogens with one attached hydrogen (secondary N) is 1. The number of hydrogen-bond acceptors (Lipinski definition) is 8. The van der Waals surface area contributed by atoms with Gasteiger partial charge in [0.2, 0.25) is 11.8 Å². The van der Waals surface area contributed by atoms with Gasteiger partial charge in [0.05, 0.1) is 12.8 Å². The van der Waals surface area contributed by atoms with Crippen molar-refractivity contribution in [1.82, 2.24) is 20.3 Å². The minimum Gasteiger partial charge on any atom is -0.379 e. The molecule has 1 fully saturated rings. The summed E-state index contributed by atoms with van der Waals surface area (Å²) in [4.78, 5) is 62.3. The maximum absolute atomic E-state index is 12.8. The number of allylic oxidation sites excluding steroid dienone is 2. The van der Waals surface area contributed by atoms with E-state index in [0.29, 0.717) is 48.7 Å². The van der Waals surface area contributed by atoms with Crippen LogP contribution in [-0.2, 0) is 24.0 Å². The Kier molecular flexibility index (Phi) is 19.8. The molecule has 12 heteroatoms. The van der Waals surface area contributed by atoms with Gasteiger partial charge in [-0.1, -0.05) is 51.7 Å².